The fourth-order valence-corrected chi connectivity index (χ4v) is 0.121. The predicted molar refractivity (Wildman–Crippen MR) is 30.9 cm³/mol. The highest BCUT2D eigenvalue weighted by Gasteiger charge is 1.85. The van der Waals surface area contributed by atoms with E-state index in [1.807, 2.05) is 0 Å². The SMILES string of the molecule is N=C(N)ON=NOC(=N)N. The monoisotopic (exact) mass is 146 g/mol. The van der Waals surface area contributed by atoms with E-state index >= 15 is 0 Å². The largest absolute Gasteiger partial charge is 0.352 e. The van der Waals surface area contributed by atoms with Crippen molar-refractivity contribution in [3.63, 3.8) is 0 Å². The molecule has 0 unspecified atom stereocenters. The number of nitrogens with one attached hydrogen (secondary N) is 2. The van der Waals surface area contributed by atoms with Crippen LogP contribution < -0.4 is 11.5 Å². The van der Waals surface area contributed by atoms with Gasteiger partial charge in [-0.2, -0.15) is 0 Å². The molecule has 8 nitrogen and oxygen atoms in total. The maximum Gasteiger partial charge on any atom is 0.311 e. The average molecular weight is 146 g/mol. The molecule has 0 spiro atoms. The maximum absolute atomic E-state index is 6.44. The lowest BCUT2D eigenvalue weighted by molar-refractivity contribution is 0.186. The lowest BCUT2D eigenvalue weighted by Crippen LogP contribution is -2.12. The van der Waals surface area contributed by atoms with Crippen molar-refractivity contribution in [3.05, 3.63) is 0 Å². The third-order valence-corrected chi connectivity index (χ3v) is 0.312. The zero-order valence-electron chi connectivity index (χ0n) is 4.87. The summed E-state index contributed by atoms with van der Waals surface area (Å²) in [5.41, 5.74) is 9.35. The first-order valence-electron chi connectivity index (χ1n) is 2.05. The van der Waals surface area contributed by atoms with Crippen molar-refractivity contribution in [2.24, 2.45) is 22.0 Å². The molecule has 0 aliphatic carbocycles. The van der Waals surface area contributed by atoms with E-state index in [0.29, 0.717) is 0 Å². The fraction of sp³-hybridized carbons (Fsp3) is 0. The summed E-state index contributed by atoms with van der Waals surface area (Å²) in [4.78, 5) is 7.87. The average Bonchev–Trinajstić information content (AvgIpc) is 1.79. The summed E-state index contributed by atoms with van der Waals surface area (Å²) in [7, 11) is 0. The van der Waals surface area contributed by atoms with Crippen molar-refractivity contribution in [2.45, 2.75) is 0 Å². The lowest BCUT2D eigenvalue weighted by Gasteiger charge is -1.89. The van der Waals surface area contributed by atoms with Crippen LogP contribution in [0.5, 0.6) is 0 Å². The third-order valence-electron chi connectivity index (χ3n) is 0.312. The Balaban J connectivity index is 3.38. The minimum atomic E-state index is -0.629. The van der Waals surface area contributed by atoms with Gasteiger partial charge in [0.05, 0.1) is 10.6 Å². The summed E-state index contributed by atoms with van der Waals surface area (Å²) >= 11 is 0. The van der Waals surface area contributed by atoms with Crippen molar-refractivity contribution < 1.29 is 9.68 Å². The first kappa shape index (κ1) is 8.14. The van der Waals surface area contributed by atoms with Gasteiger partial charge in [0.2, 0.25) is 0 Å². The normalized spacial score (nSPS) is 9.20. The summed E-state index contributed by atoms with van der Waals surface area (Å²) in [6.45, 7) is 0. The molecular formula is C2H6N6O2. The second-order valence-electron chi connectivity index (χ2n) is 1.07. The number of nitrogens with two attached hydrogens (primary N) is 2. The zero-order valence-corrected chi connectivity index (χ0v) is 4.87. The number of hydrogen-bond acceptors (Lipinski definition) is 6. The van der Waals surface area contributed by atoms with Crippen LogP contribution in [0.15, 0.2) is 10.6 Å². The minimum absolute atomic E-state index is 0.629. The Morgan fingerprint density at radius 1 is 1.00 bits per heavy atom. The summed E-state index contributed by atoms with van der Waals surface area (Å²) in [5.74, 6) is 0. The van der Waals surface area contributed by atoms with Crippen molar-refractivity contribution in [1.82, 2.24) is 0 Å². The molecular weight excluding hydrogens is 140 g/mol. The fourth-order valence-electron chi connectivity index (χ4n) is 0.121. The van der Waals surface area contributed by atoms with Gasteiger partial charge in [0, 0.05) is 0 Å². The molecule has 56 valence electrons. The second kappa shape index (κ2) is 4.06. The number of nitrogens with zero attached hydrogens (tertiary/aromatic N) is 2. The summed E-state index contributed by atoms with van der Waals surface area (Å²) < 4.78 is 0. The molecule has 0 aliphatic heterocycles. The Morgan fingerprint density at radius 2 is 1.30 bits per heavy atom. The molecule has 0 atom stereocenters. The molecule has 6 N–H and O–H groups in total. The van der Waals surface area contributed by atoms with Crippen molar-refractivity contribution in [3.8, 4) is 0 Å². The highest BCUT2D eigenvalue weighted by Crippen LogP contribution is 1.78. The van der Waals surface area contributed by atoms with E-state index < -0.39 is 12.0 Å². The van der Waals surface area contributed by atoms with Crippen molar-refractivity contribution in [2.75, 3.05) is 0 Å². The van der Waals surface area contributed by atoms with Gasteiger partial charge in [0.15, 0.2) is 0 Å². The molecule has 0 aromatic carbocycles. The van der Waals surface area contributed by atoms with E-state index in [9.17, 15) is 0 Å². The van der Waals surface area contributed by atoms with Gasteiger partial charge >= 0.3 is 12.0 Å². The van der Waals surface area contributed by atoms with Crippen LogP contribution in [0.4, 0.5) is 0 Å². The molecule has 0 aromatic heterocycles. The topological polar surface area (TPSA) is 143 Å². The molecule has 0 heterocycles. The van der Waals surface area contributed by atoms with Crippen LogP contribution >= 0.6 is 0 Å². The molecule has 0 aromatic rings. The molecule has 0 radical (unpaired) electrons. The third kappa shape index (κ3) is 6.14. The van der Waals surface area contributed by atoms with Gasteiger partial charge in [-0.1, -0.05) is 0 Å². The first-order valence-corrected chi connectivity index (χ1v) is 2.05. The molecule has 0 amide bonds. The highest BCUT2D eigenvalue weighted by atomic mass is 16.7. The van der Waals surface area contributed by atoms with Crippen LogP contribution in [-0.2, 0) is 9.68 Å². The first-order chi connectivity index (χ1) is 4.63. The van der Waals surface area contributed by atoms with E-state index in [1.54, 1.807) is 0 Å². The van der Waals surface area contributed by atoms with Crippen LogP contribution in [0.2, 0.25) is 0 Å². The maximum atomic E-state index is 6.44. The molecule has 0 rings (SSSR count). The van der Waals surface area contributed by atoms with Gasteiger partial charge in [-0.05, 0) is 0 Å². The van der Waals surface area contributed by atoms with E-state index in [-0.39, 0.29) is 0 Å². The smallest absolute Gasteiger partial charge is 0.311 e. The molecule has 0 saturated heterocycles. The Kier molecular flexibility index (Phi) is 3.31. The molecule has 0 aliphatic rings. The van der Waals surface area contributed by atoms with Gasteiger partial charge in [-0.15, -0.1) is 0 Å². The van der Waals surface area contributed by atoms with Crippen LogP contribution in [0.1, 0.15) is 0 Å². The van der Waals surface area contributed by atoms with Crippen LogP contribution in [-0.4, -0.2) is 12.0 Å². The number of amidine groups is 2. The van der Waals surface area contributed by atoms with Crippen LogP contribution in [0.3, 0.4) is 0 Å². The lowest BCUT2D eigenvalue weighted by atomic mass is 11.2. The van der Waals surface area contributed by atoms with Crippen molar-refractivity contribution in [1.29, 1.82) is 10.8 Å². The molecule has 8 heteroatoms. The second-order valence-corrected chi connectivity index (χ2v) is 1.07. The Bertz CT molecular complexity index is 145. The Hall–Kier alpha value is -1.86. The van der Waals surface area contributed by atoms with E-state index in [2.05, 4.69) is 31.7 Å². The molecule has 0 fully saturated rings. The van der Waals surface area contributed by atoms with Crippen molar-refractivity contribution >= 4 is 12.0 Å². The quantitative estimate of drug-likeness (QED) is 0.173. The standard InChI is InChI=1S/C2H6N6O2/c3-1(4)9-7-8-10-2(5)6/h(H3,3,4)(H3,5,6). The Morgan fingerprint density at radius 3 is 1.50 bits per heavy atom. The summed E-state index contributed by atoms with van der Waals surface area (Å²) in [6.07, 6.45) is 0. The molecule has 0 bridgehead atoms. The van der Waals surface area contributed by atoms with E-state index in [0.717, 1.165) is 0 Å². The Labute approximate surface area is 55.7 Å². The van der Waals surface area contributed by atoms with Crippen LogP contribution in [0.25, 0.3) is 0 Å². The van der Waals surface area contributed by atoms with Crippen LogP contribution in [0, 0.1) is 10.8 Å². The van der Waals surface area contributed by atoms with E-state index in [1.165, 1.54) is 0 Å². The highest BCUT2D eigenvalue weighted by molar-refractivity contribution is 5.67. The summed E-state index contributed by atoms with van der Waals surface area (Å²) in [6, 6.07) is -1.26. The minimum Gasteiger partial charge on any atom is -0.352 e. The van der Waals surface area contributed by atoms with Gasteiger partial charge in [0.25, 0.3) is 0 Å². The van der Waals surface area contributed by atoms with E-state index in [4.69, 9.17) is 10.8 Å². The zero-order chi connectivity index (χ0) is 7.98. The van der Waals surface area contributed by atoms with Gasteiger partial charge in [-0.25, -0.2) is 10.8 Å². The number of hydrogen-bond donors (Lipinski definition) is 4. The summed E-state index contributed by atoms with van der Waals surface area (Å²) in [5, 5.41) is 18.4. The predicted octanol–water partition coefficient (Wildman–Crippen LogP) is -0.911. The van der Waals surface area contributed by atoms with Gasteiger partial charge < -0.3 is 11.5 Å². The van der Waals surface area contributed by atoms with Gasteiger partial charge in [-0.3, -0.25) is 9.68 Å². The number of rotatable bonds is 2. The van der Waals surface area contributed by atoms with Gasteiger partial charge in [0.1, 0.15) is 0 Å². The molecule has 0 saturated carbocycles. The molecule has 10 heavy (non-hydrogen) atoms.